The fourth-order valence-corrected chi connectivity index (χ4v) is 3.80. The minimum atomic E-state index is -0.367. The number of benzene rings is 2. The molecule has 4 rings (SSSR count). The van der Waals surface area contributed by atoms with Crippen LogP contribution in [0.25, 0.3) is 11.3 Å². The topological polar surface area (TPSA) is 67.2 Å². The third-order valence-electron chi connectivity index (χ3n) is 5.42. The molecular formula is C23H23FN4O2. The van der Waals surface area contributed by atoms with E-state index in [2.05, 4.69) is 14.9 Å². The first-order valence-corrected chi connectivity index (χ1v) is 9.91. The van der Waals surface area contributed by atoms with Crippen LogP contribution in [0.3, 0.4) is 0 Å². The maximum absolute atomic E-state index is 13.9. The number of hydrogen-bond acceptors (Lipinski definition) is 3. The number of halogens is 1. The van der Waals surface area contributed by atoms with Crippen LogP contribution in [0.1, 0.15) is 28.7 Å². The van der Waals surface area contributed by atoms with Gasteiger partial charge in [0.2, 0.25) is 5.91 Å². The number of amides is 2. The summed E-state index contributed by atoms with van der Waals surface area (Å²) in [4.78, 5) is 30.5. The number of carbonyl (C=O) groups is 2. The van der Waals surface area contributed by atoms with E-state index in [1.165, 1.54) is 13.0 Å². The van der Waals surface area contributed by atoms with E-state index in [1.54, 1.807) is 24.0 Å². The van der Waals surface area contributed by atoms with Crippen molar-refractivity contribution in [1.82, 2.24) is 14.5 Å². The van der Waals surface area contributed by atoms with E-state index in [0.29, 0.717) is 37.2 Å². The van der Waals surface area contributed by atoms with Gasteiger partial charge >= 0.3 is 0 Å². The maximum Gasteiger partial charge on any atom is 0.254 e. The van der Waals surface area contributed by atoms with Crippen molar-refractivity contribution in [2.24, 2.45) is 0 Å². The monoisotopic (exact) mass is 406 g/mol. The van der Waals surface area contributed by atoms with Crippen LogP contribution >= 0.6 is 0 Å². The molecule has 2 aromatic carbocycles. The van der Waals surface area contributed by atoms with E-state index in [0.717, 1.165) is 22.8 Å². The molecule has 0 spiro atoms. The van der Waals surface area contributed by atoms with Gasteiger partial charge in [0.25, 0.3) is 5.91 Å². The maximum atomic E-state index is 13.9. The summed E-state index contributed by atoms with van der Waals surface area (Å²) >= 11 is 0. The van der Waals surface area contributed by atoms with Gasteiger partial charge in [-0.1, -0.05) is 18.2 Å². The third-order valence-corrected chi connectivity index (χ3v) is 5.42. The van der Waals surface area contributed by atoms with Gasteiger partial charge < -0.3 is 14.8 Å². The molecule has 0 atom stereocenters. The quantitative estimate of drug-likeness (QED) is 0.722. The highest BCUT2D eigenvalue weighted by atomic mass is 19.1. The van der Waals surface area contributed by atoms with Crippen molar-refractivity contribution in [3.05, 3.63) is 71.4 Å². The summed E-state index contributed by atoms with van der Waals surface area (Å²) in [6.45, 7) is 4.78. The van der Waals surface area contributed by atoms with Crippen molar-refractivity contribution in [3.8, 4) is 11.3 Å². The van der Waals surface area contributed by atoms with Gasteiger partial charge in [-0.05, 0) is 42.3 Å². The lowest BCUT2D eigenvalue weighted by Gasteiger charge is -2.21. The Kier molecular flexibility index (Phi) is 5.35. The number of rotatable bonds is 3. The van der Waals surface area contributed by atoms with Gasteiger partial charge in [-0.15, -0.1) is 0 Å². The Morgan fingerprint density at radius 2 is 1.83 bits per heavy atom. The summed E-state index contributed by atoms with van der Waals surface area (Å²) in [5.74, 6) is 0.286. The Bertz CT molecular complexity index is 1100. The molecule has 1 aliphatic heterocycles. The van der Waals surface area contributed by atoms with Crippen LogP contribution in [0, 0.1) is 12.7 Å². The molecule has 1 N–H and O–H groups in total. The van der Waals surface area contributed by atoms with Crippen molar-refractivity contribution in [2.75, 3.05) is 18.4 Å². The molecule has 6 nitrogen and oxygen atoms in total. The fourth-order valence-electron chi connectivity index (χ4n) is 3.80. The molecular weight excluding hydrogens is 383 g/mol. The smallest absolute Gasteiger partial charge is 0.254 e. The van der Waals surface area contributed by atoms with E-state index in [9.17, 15) is 14.0 Å². The lowest BCUT2D eigenvalue weighted by Crippen LogP contribution is -2.34. The van der Waals surface area contributed by atoms with E-state index in [1.807, 2.05) is 30.5 Å². The molecule has 3 aromatic rings. The predicted molar refractivity (Wildman–Crippen MR) is 113 cm³/mol. The summed E-state index contributed by atoms with van der Waals surface area (Å²) in [7, 11) is 0. The SMILES string of the molecule is CC(=O)Nc1ccc(-c2cnc3n2CCN(C(=O)c2cccc(F)c2C)CC3)cc1. The van der Waals surface area contributed by atoms with E-state index >= 15 is 0 Å². The molecule has 0 radical (unpaired) electrons. The Morgan fingerprint density at radius 1 is 1.07 bits per heavy atom. The first kappa shape index (κ1) is 19.8. The van der Waals surface area contributed by atoms with Crippen molar-refractivity contribution < 1.29 is 14.0 Å². The number of carbonyl (C=O) groups excluding carboxylic acids is 2. The van der Waals surface area contributed by atoms with Crippen molar-refractivity contribution in [3.63, 3.8) is 0 Å². The highest BCUT2D eigenvalue weighted by molar-refractivity contribution is 5.95. The molecule has 0 aliphatic carbocycles. The van der Waals surface area contributed by atoms with Crippen molar-refractivity contribution in [2.45, 2.75) is 26.8 Å². The third kappa shape index (κ3) is 3.83. The van der Waals surface area contributed by atoms with E-state index in [4.69, 9.17) is 0 Å². The number of hydrogen-bond donors (Lipinski definition) is 1. The van der Waals surface area contributed by atoms with Gasteiger partial charge in [0, 0.05) is 44.2 Å². The molecule has 0 bridgehead atoms. The van der Waals surface area contributed by atoms with Crippen LogP contribution in [0.15, 0.2) is 48.7 Å². The van der Waals surface area contributed by atoms with Crippen LogP contribution in [0.5, 0.6) is 0 Å². The molecule has 1 aliphatic rings. The zero-order valence-electron chi connectivity index (χ0n) is 17.0. The van der Waals surface area contributed by atoms with Gasteiger partial charge in [-0.2, -0.15) is 0 Å². The fraction of sp³-hybridized carbons (Fsp3) is 0.261. The molecule has 0 fully saturated rings. The zero-order valence-corrected chi connectivity index (χ0v) is 17.0. The average molecular weight is 406 g/mol. The molecule has 0 saturated heterocycles. The van der Waals surface area contributed by atoms with Gasteiger partial charge in [0.1, 0.15) is 11.6 Å². The second-order valence-corrected chi connectivity index (χ2v) is 7.42. The Balaban J connectivity index is 1.54. The number of nitrogens with one attached hydrogen (secondary N) is 1. The standard InChI is InChI=1S/C23H23FN4O2/c1-15-19(4-3-5-20(15)24)23(30)27-11-10-22-25-14-21(28(22)13-12-27)17-6-8-18(9-7-17)26-16(2)29/h3-9,14H,10-13H2,1-2H3,(H,26,29). The van der Waals surface area contributed by atoms with Gasteiger partial charge in [0.15, 0.2) is 0 Å². The number of anilines is 1. The lowest BCUT2D eigenvalue weighted by molar-refractivity contribution is -0.114. The Morgan fingerprint density at radius 3 is 2.57 bits per heavy atom. The molecule has 30 heavy (non-hydrogen) atoms. The van der Waals surface area contributed by atoms with Crippen LogP contribution < -0.4 is 5.32 Å². The summed E-state index contributed by atoms with van der Waals surface area (Å²) in [5, 5.41) is 2.76. The summed E-state index contributed by atoms with van der Waals surface area (Å²) in [5.41, 5.74) is 3.48. The van der Waals surface area contributed by atoms with E-state index in [-0.39, 0.29) is 17.6 Å². The minimum Gasteiger partial charge on any atom is -0.336 e. The first-order valence-electron chi connectivity index (χ1n) is 9.91. The molecule has 0 saturated carbocycles. The van der Waals surface area contributed by atoms with Crippen molar-refractivity contribution in [1.29, 1.82) is 0 Å². The largest absolute Gasteiger partial charge is 0.336 e. The Hall–Kier alpha value is -3.48. The minimum absolute atomic E-state index is 0.112. The van der Waals surface area contributed by atoms with Gasteiger partial charge in [-0.25, -0.2) is 9.37 Å². The average Bonchev–Trinajstić information content (AvgIpc) is 3.01. The van der Waals surface area contributed by atoms with Gasteiger partial charge in [0.05, 0.1) is 11.9 Å². The van der Waals surface area contributed by atoms with Crippen LogP contribution in [0.4, 0.5) is 10.1 Å². The van der Waals surface area contributed by atoms with Crippen LogP contribution in [-0.2, 0) is 17.8 Å². The van der Waals surface area contributed by atoms with Crippen LogP contribution in [-0.4, -0.2) is 39.4 Å². The predicted octanol–water partition coefficient (Wildman–Crippen LogP) is 3.65. The highest BCUT2D eigenvalue weighted by Crippen LogP contribution is 2.25. The van der Waals surface area contributed by atoms with Gasteiger partial charge in [-0.3, -0.25) is 9.59 Å². The van der Waals surface area contributed by atoms with Crippen molar-refractivity contribution >= 4 is 17.5 Å². The summed E-state index contributed by atoms with van der Waals surface area (Å²) in [6.07, 6.45) is 2.47. The van der Waals surface area contributed by atoms with E-state index < -0.39 is 0 Å². The Labute approximate surface area is 174 Å². The lowest BCUT2D eigenvalue weighted by atomic mass is 10.1. The second kappa shape index (κ2) is 8.10. The zero-order chi connectivity index (χ0) is 21.3. The van der Waals surface area contributed by atoms with Crippen LogP contribution in [0.2, 0.25) is 0 Å². The molecule has 0 unspecified atom stereocenters. The number of imidazole rings is 1. The molecule has 154 valence electrons. The summed E-state index contributed by atoms with van der Waals surface area (Å²) < 4.78 is 16.0. The molecule has 1 aromatic heterocycles. The first-order chi connectivity index (χ1) is 14.4. The normalized spacial score (nSPS) is 13.5. The summed E-state index contributed by atoms with van der Waals surface area (Å²) in [6, 6.07) is 12.2. The highest BCUT2D eigenvalue weighted by Gasteiger charge is 2.23. The molecule has 7 heteroatoms. The second-order valence-electron chi connectivity index (χ2n) is 7.42. The number of nitrogens with zero attached hydrogens (tertiary/aromatic N) is 3. The molecule has 2 amide bonds. The number of aromatic nitrogens is 2. The number of fused-ring (bicyclic) bond motifs is 1. The molecule has 2 heterocycles.